The van der Waals surface area contributed by atoms with Gasteiger partial charge < -0.3 is 5.32 Å². The molecule has 2 heterocycles. The first-order valence-electron chi connectivity index (χ1n) is 3.79. The van der Waals surface area contributed by atoms with Crippen molar-refractivity contribution >= 4 is 5.82 Å². The summed E-state index contributed by atoms with van der Waals surface area (Å²) in [5.41, 5.74) is -0.273. The second-order valence-electron chi connectivity index (χ2n) is 2.80. The molecule has 0 unspecified atom stereocenters. The average Bonchev–Trinajstić information content (AvgIpc) is 2.47. The minimum absolute atomic E-state index is 0.521. The number of nitrogens with one attached hydrogen (secondary N) is 1. The third-order valence-corrected chi connectivity index (χ3v) is 1.87. The third kappa shape index (κ3) is 1.46. The molecule has 0 fully saturated rings. The van der Waals surface area contributed by atoms with Gasteiger partial charge in [-0.25, -0.2) is 4.98 Å². The lowest BCUT2D eigenvalue weighted by Crippen LogP contribution is -2.06. The van der Waals surface area contributed by atoms with Crippen molar-refractivity contribution in [2.45, 2.75) is 12.6 Å². The van der Waals surface area contributed by atoms with Gasteiger partial charge in [0.2, 0.25) is 0 Å². The van der Waals surface area contributed by atoms with E-state index in [1.165, 1.54) is 0 Å². The molecule has 1 aliphatic heterocycles. The van der Waals surface area contributed by atoms with Gasteiger partial charge >= 0.3 is 6.18 Å². The lowest BCUT2D eigenvalue weighted by molar-refractivity contribution is -0.138. The number of fused-ring (bicyclic) bond motifs is 1. The van der Waals surface area contributed by atoms with E-state index in [2.05, 4.69) is 16.4 Å². The van der Waals surface area contributed by atoms with Crippen LogP contribution in [0.1, 0.15) is 11.1 Å². The summed E-state index contributed by atoms with van der Waals surface area (Å²) in [6, 6.07) is 2.31. The molecule has 1 radical (unpaired) electrons. The van der Waals surface area contributed by atoms with Gasteiger partial charge in [-0.1, -0.05) is 0 Å². The Balaban J connectivity index is 2.42. The lowest BCUT2D eigenvalue weighted by atomic mass is 10.1. The van der Waals surface area contributed by atoms with Crippen LogP contribution >= 0.6 is 0 Å². The molecule has 2 rings (SSSR count). The van der Waals surface area contributed by atoms with Gasteiger partial charge in [0.1, 0.15) is 5.82 Å². The molecule has 0 aliphatic carbocycles. The molecular formula is C8H6F3N2. The van der Waals surface area contributed by atoms with E-state index in [1.54, 1.807) is 0 Å². The SMILES string of the molecule is FC(F)(F)c1[c]c2c(nc1)NCC2. The van der Waals surface area contributed by atoms with Gasteiger partial charge in [-0.15, -0.1) is 0 Å². The Morgan fingerprint density at radius 2 is 2.23 bits per heavy atom. The molecule has 69 valence electrons. The number of hydrogen-bond acceptors (Lipinski definition) is 2. The number of nitrogens with zero attached hydrogens (tertiary/aromatic N) is 1. The summed E-state index contributed by atoms with van der Waals surface area (Å²) in [4.78, 5) is 3.66. The minimum Gasteiger partial charge on any atom is -0.369 e. The van der Waals surface area contributed by atoms with Gasteiger partial charge in [-0.3, -0.25) is 0 Å². The van der Waals surface area contributed by atoms with E-state index in [1.807, 2.05) is 0 Å². The highest BCUT2D eigenvalue weighted by Gasteiger charge is 2.32. The van der Waals surface area contributed by atoms with Crippen molar-refractivity contribution < 1.29 is 13.2 Å². The van der Waals surface area contributed by atoms with E-state index in [9.17, 15) is 13.2 Å². The van der Waals surface area contributed by atoms with Gasteiger partial charge in [0.15, 0.2) is 0 Å². The van der Waals surface area contributed by atoms with Crippen LogP contribution in [0.3, 0.4) is 0 Å². The van der Waals surface area contributed by atoms with Crippen LogP contribution in [0.2, 0.25) is 0 Å². The minimum atomic E-state index is -4.34. The fraction of sp³-hybridized carbons (Fsp3) is 0.375. The third-order valence-electron chi connectivity index (χ3n) is 1.87. The van der Waals surface area contributed by atoms with E-state index in [-0.39, 0.29) is 0 Å². The molecule has 5 heteroatoms. The largest absolute Gasteiger partial charge is 0.418 e. The quantitative estimate of drug-likeness (QED) is 0.670. The van der Waals surface area contributed by atoms with Crippen molar-refractivity contribution in [3.63, 3.8) is 0 Å². The van der Waals surface area contributed by atoms with E-state index in [0.717, 1.165) is 6.20 Å². The van der Waals surface area contributed by atoms with E-state index < -0.39 is 11.7 Å². The smallest absolute Gasteiger partial charge is 0.369 e. The molecule has 0 aromatic carbocycles. The monoisotopic (exact) mass is 187 g/mol. The van der Waals surface area contributed by atoms with Crippen molar-refractivity contribution in [1.29, 1.82) is 0 Å². The van der Waals surface area contributed by atoms with Crippen LogP contribution in [0.15, 0.2) is 6.20 Å². The van der Waals surface area contributed by atoms with Crippen LogP contribution in [-0.2, 0) is 12.6 Å². The maximum atomic E-state index is 12.2. The van der Waals surface area contributed by atoms with Crippen molar-refractivity contribution in [2.24, 2.45) is 0 Å². The number of halogens is 3. The summed E-state index contributed by atoms with van der Waals surface area (Å²) < 4.78 is 36.5. The molecule has 2 nitrogen and oxygen atoms in total. The predicted octanol–water partition coefficient (Wildman–Crippen LogP) is 1.87. The highest BCUT2D eigenvalue weighted by molar-refractivity contribution is 5.49. The normalized spacial score (nSPS) is 15.3. The summed E-state index contributed by atoms with van der Waals surface area (Å²) in [7, 11) is 0. The molecule has 0 saturated heterocycles. The number of rotatable bonds is 0. The lowest BCUT2D eigenvalue weighted by Gasteiger charge is -2.06. The fourth-order valence-electron chi connectivity index (χ4n) is 1.24. The van der Waals surface area contributed by atoms with Crippen LogP contribution in [0, 0.1) is 6.07 Å². The summed E-state index contributed by atoms with van der Waals surface area (Å²) in [6.45, 7) is 0.639. The molecule has 0 amide bonds. The van der Waals surface area contributed by atoms with Gasteiger partial charge in [0, 0.05) is 24.4 Å². The highest BCUT2D eigenvalue weighted by atomic mass is 19.4. The molecule has 0 bridgehead atoms. The second kappa shape index (κ2) is 2.61. The standard InChI is InChI=1S/C8H6F3N2/c9-8(10,11)6-3-5-1-2-12-7(5)13-4-6/h4H,1-2H2,(H,12,13). The zero-order valence-corrected chi connectivity index (χ0v) is 6.57. The fourth-order valence-corrected chi connectivity index (χ4v) is 1.24. The number of pyridine rings is 1. The zero-order chi connectivity index (χ0) is 9.47. The Morgan fingerprint density at radius 1 is 1.46 bits per heavy atom. The first-order chi connectivity index (χ1) is 6.07. The Kier molecular flexibility index (Phi) is 1.68. The van der Waals surface area contributed by atoms with E-state index in [0.29, 0.717) is 24.3 Å². The van der Waals surface area contributed by atoms with Crippen LogP contribution in [0.5, 0.6) is 0 Å². The Hall–Kier alpha value is -1.26. The van der Waals surface area contributed by atoms with E-state index >= 15 is 0 Å². The molecule has 0 saturated carbocycles. The van der Waals surface area contributed by atoms with Crippen LogP contribution < -0.4 is 5.32 Å². The van der Waals surface area contributed by atoms with Gasteiger partial charge in [0.25, 0.3) is 0 Å². The molecule has 1 N–H and O–H groups in total. The highest BCUT2D eigenvalue weighted by Crippen LogP contribution is 2.31. The summed E-state index contributed by atoms with van der Waals surface area (Å²) in [6.07, 6.45) is -2.98. The number of anilines is 1. The summed E-state index contributed by atoms with van der Waals surface area (Å²) in [5.74, 6) is 0.521. The Labute approximate surface area is 72.8 Å². The average molecular weight is 187 g/mol. The maximum absolute atomic E-state index is 12.2. The predicted molar refractivity (Wildman–Crippen MR) is 40.3 cm³/mol. The van der Waals surface area contributed by atoms with Crippen LogP contribution in [-0.4, -0.2) is 11.5 Å². The number of hydrogen-bond donors (Lipinski definition) is 1. The molecule has 1 aliphatic rings. The Bertz CT molecular complexity index is 333. The van der Waals surface area contributed by atoms with Gasteiger partial charge in [-0.05, 0) is 6.42 Å². The number of aromatic nitrogens is 1. The van der Waals surface area contributed by atoms with Crippen LogP contribution in [0.4, 0.5) is 19.0 Å². The Morgan fingerprint density at radius 3 is 2.92 bits per heavy atom. The van der Waals surface area contributed by atoms with E-state index in [4.69, 9.17) is 0 Å². The molecule has 0 atom stereocenters. The van der Waals surface area contributed by atoms with Gasteiger partial charge in [0.05, 0.1) is 5.56 Å². The van der Waals surface area contributed by atoms with Gasteiger partial charge in [-0.2, -0.15) is 13.2 Å². The molecule has 1 aromatic heterocycles. The topological polar surface area (TPSA) is 24.9 Å². The summed E-state index contributed by atoms with van der Waals surface area (Å²) in [5, 5.41) is 2.87. The van der Waals surface area contributed by atoms with Crippen molar-refractivity contribution in [1.82, 2.24) is 4.98 Å². The molecule has 1 aromatic rings. The number of alkyl halides is 3. The summed E-state index contributed by atoms with van der Waals surface area (Å²) >= 11 is 0. The van der Waals surface area contributed by atoms with Crippen molar-refractivity contribution in [2.75, 3.05) is 11.9 Å². The second-order valence-corrected chi connectivity index (χ2v) is 2.80. The molecule has 13 heavy (non-hydrogen) atoms. The molecular weight excluding hydrogens is 181 g/mol. The van der Waals surface area contributed by atoms with Crippen molar-refractivity contribution in [3.8, 4) is 0 Å². The zero-order valence-electron chi connectivity index (χ0n) is 6.57. The molecule has 0 spiro atoms. The first kappa shape index (κ1) is 8.34. The van der Waals surface area contributed by atoms with Crippen LogP contribution in [0.25, 0.3) is 0 Å². The van der Waals surface area contributed by atoms with Crippen molar-refractivity contribution in [3.05, 3.63) is 23.4 Å². The maximum Gasteiger partial charge on any atom is 0.418 e. The first-order valence-corrected chi connectivity index (χ1v) is 3.79.